The van der Waals surface area contributed by atoms with Crippen LogP contribution in [0.3, 0.4) is 0 Å². The summed E-state index contributed by atoms with van der Waals surface area (Å²) in [5.41, 5.74) is 0.536. The topological polar surface area (TPSA) is 20.3 Å². The molecule has 0 saturated carbocycles. The summed E-state index contributed by atoms with van der Waals surface area (Å²) in [6.07, 6.45) is -3.73. The lowest BCUT2D eigenvalue weighted by Crippen LogP contribution is -2.31. The zero-order chi connectivity index (χ0) is 11.5. The molecule has 1 aromatic rings. The highest BCUT2D eigenvalue weighted by Crippen LogP contribution is 2.22. The first kappa shape index (κ1) is 11.6. The minimum atomic E-state index is -4.27. The van der Waals surface area contributed by atoms with Crippen molar-refractivity contribution in [3.63, 3.8) is 0 Å². The van der Waals surface area contributed by atoms with Crippen molar-refractivity contribution in [1.82, 2.24) is 0 Å². The minimum absolute atomic E-state index is 0.254. The van der Waals surface area contributed by atoms with Gasteiger partial charge in [-0.2, -0.15) is 13.2 Å². The van der Waals surface area contributed by atoms with Gasteiger partial charge in [-0.25, -0.2) is 0 Å². The van der Waals surface area contributed by atoms with Gasteiger partial charge in [0.15, 0.2) is 6.29 Å². The Morgan fingerprint density at radius 3 is 2.47 bits per heavy atom. The Balaban J connectivity index is 2.90. The average Bonchev–Trinajstić information content (AvgIpc) is 2.15. The van der Waals surface area contributed by atoms with Gasteiger partial charge in [-0.3, -0.25) is 4.79 Å². The van der Waals surface area contributed by atoms with Crippen LogP contribution in [-0.4, -0.2) is 26.1 Å². The highest BCUT2D eigenvalue weighted by atomic mass is 19.4. The molecule has 0 aliphatic rings. The maximum Gasteiger partial charge on any atom is 0.405 e. The van der Waals surface area contributed by atoms with Gasteiger partial charge in [0.2, 0.25) is 0 Å². The van der Waals surface area contributed by atoms with Crippen LogP contribution in [0.4, 0.5) is 18.9 Å². The number of aldehydes is 1. The molecule has 5 heteroatoms. The van der Waals surface area contributed by atoms with Gasteiger partial charge < -0.3 is 4.90 Å². The molecule has 82 valence electrons. The van der Waals surface area contributed by atoms with E-state index in [9.17, 15) is 18.0 Å². The first-order chi connectivity index (χ1) is 6.94. The molecular formula is C10H10F3NO. The number of hydrogen-bond donors (Lipinski definition) is 0. The molecule has 0 unspecified atom stereocenters. The van der Waals surface area contributed by atoms with Gasteiger partial charge in [0.05, 0.1) is 0 Å². The second-order valence-corrected chi connectivity index (χ2v) is 3.15. The summed E-state index contributed by atoms with van der Waals surface area (Å²) in [4.78, 5) is 11.6. The van der Waals surface area contributed by atoms with E-state index in [1.807, 2.05) is 0 Å². The number of halogens is 3. The molecule has 1 rings (SSSR count). The third kappa shape index (κ3) is 3.27. The summed E-state index contributed by atoms with van der Waals surface area (Å²) >= 11 is 0. The van der Waals surface area contributed by atoms with E-state index in [4.69, 9.17) is 0 Å². The number of nitrogens with zero attached hydrogens (tertiary/aromatic N) is 1. The normalized spacial score (nSPS) is 11.2. The van der Waals surface area contributed by atoms with E-state index in [1.165, 1.54) is 19.2 Å². The smallest absolute Gasteiger partial charge is 0.365 e. The standard InChI is InChI=1S/C10H10F3NO/c1-14(7-10(11,12)13)9-5-3-2-4-8(9)6-15/h2-6H,7H2,1H3. The van der Waals surface area contributed by atoms with E-state index in [0.29, 0.717) is 6.29 Å². The summed E-state index contributed by atoms with van der Waals surface area (Å²) in [5.74, 6) is 0. The van der Waals surface area contributed by atoms with Gasteiger partial charge >= 0.3 is 6.18 Å². The van der Waals surface area contributed by atoms with Gasteiger partial charge in [0.1, 0.15) is 6.54 Å². The number of carbonyl (C=O) groups is 1. The van der Waals surface area contributed by atoms with Crippen LogP contribution in [-0.2, 0) is 0 Å². The molecule has 0 heterocycles. The van der Waals surface area contributed by atoms with Gasteiger partial charge in [-0.1, -0.05) is 12.1 Å². The molecular weight excluding hydrogens is 207 g/mol. The molecule has 0 aliphatic carbocycles. The van der Waals surface area contributed by atoms with E-state index in [1.54, 1.807) is 12.1 Å². The molecule has 2 nitrogen and oxygen atoms in total. The lowest BCUT2D eigenvalue weighted by molar-refractivity contribution is -0.119. The maximum atomic E-state index is 12.1. The second-order valence-electron chi connectivity index (χ2n) is 3.15. The first-order valence-corrected chi connectivity index (χ1v) is 4.26. The van der Waals surface area contributed by atoms with Gasteiger partial charge in [0.25, 0.3) is 0 Å². The average molecular weight is 217 g/mol. The van der Waals surface area contributed by atoms with Crippen LogP contribution in [0.1, 0.15) is 10.4 Å². The van der Waals surface area contributed by atoms with E-state index in [2.05, 4.69) is 0 Å². The number of hydrogen-bond acceptors (Lipinski definition) is 2. The third-order valence-electron chi connectivity index (χ3n) is 1.89. The monoisotopic (exact) mass is 217 g/mol. The Morgan fingerprint density at radius 1 is 1.33 bits per heavy atom. The Morgan fingerprint density at radius 2 is 1.93 bits per heavy atom. The SMILES string of the molecule is CN(CC(F)(F)F)c1ccccc1C=O. The fraction of sp³-hybridized carbons (Fsp3) is 0.300. The fourth-order valence-corrected chi connectivity index (χ4v) is 1.29. The van der Waals surface area contributed by atoms with E-state index in [0.717, 1.165) is 4.90 Å². The molecule has 0 radical (unpaired) electrons. The molecule has 0 amide bonds. The van der Waals surface area contributed by atoms with Crippen LogP contribution in [0, 0.1) is 0 Å². The summed E-state index contributed by atoms with van der Waals surface area (Å²) in [5, 5.41) is 0. The number of carbonyl (C=O) groups excluding carboxylic acids is 1. The largest absolute Gasteiger partial charge is 0.405 e. The Hall–Kier alpha value is -1.52. The van der Waals surface area contributed by atoms with Crippen LogP contribution in [0.2, 0.25) is 0 Å². The third-order valence-corrected chi connectivity index (χ3v) is 1.89. The van der Waals surface area contributed by atoms with Crippen molar-refractivity contribution in [1.29, 1.82) is 0 Å². The molecule has 0 saturated heterocycles. The van der Waals surface area contributed by atoms with Crippen molar-refractivity contribution in [2.24, 2.45) is 0 Å². The molecule has 0 N–H and O–H groups in total. The highest BCUT2D eigenvalue weighted by Gasteiger charge is 2.29. The van der Waals surface area contributed by atoms with Gasteiger partial charge in [0, 0.05) is 18.3 Å². The number of rotatable bonds is 3. The minimum Gasteiger partial charge on any atom is -0.365 e. The number of anilines is 1. The molecule has 15 heavy (non-hydrogen) atoms. The zero-order valence-corrected chi connectivity index (χ0v) is 8.08. The molecule has 0 aliphatic heterocycles. The summed E-state index contributed by atoms with van der Waals surface area (Å²) in [6, 6.07) is 6.16. The van der Waals surface area contributed by atoms with Crippen molar-refractivity contribution in [3.8, 4) is 0 Å². The maximum absolute atomic E-state index is 12.1. The summed E-state index contributed by atoms with van der Waals surface area (Å²) < 4.78 is 36.3. The molecule has 1 aromatic carbocycles. The highest BCUT2D eigenvalue weighted by molar-refractivity contribution is 5.84. The van der Waals surface area contributed by atoms with Crippen LogP contribution >= 0.6 is 0 Å². The number of benzene rings is 1. The van der Waals surface area contributed by atoms with Gasteiger partial charge in [-0.05, 0) is 12.1 Å². The predicted molar refractivity (Wildman–Crippen MR) is 51.2 cm³/mol. The number of alkyl halides is 3. The van der Waals surface area contributed by atoms with Crippen molar-refractivity contribution in [2.45, 2.75) is 6.18 Å². The number of para-hydroxylation sites is 1. The van der Waals surface area contributed by atoms with Crippen LogP contribution in [0.15, 0.2) is 24.3 Å². The predicted octanol–water partition coefficient (Wildman–Crippen LogP) is 2.50. The van der Waals surface area contributed by atoms with Gasteiger partial charge in [-0.15, -0.1) is 0 Å². The Kier molecular flexibility index (Phi) is 3.34. The van der Waals surface area contributed by atoms with E-state index < -0.39 is 12.7 Å². The molecule has 0 aromatic heterocycles. The zero-order valence-electron chi connectivity index (χ0n) is 8.08. The van der Waals surface area contributed by atoms with Crippen molar-refractivity contribution >= 4 is 12.0 Å². The molecule has 0 fully saturated rings. The van der Waals surface area contributed by atoms with Crippen molar-refractivity contribution in [3.05, 3.63) is 29.8 Å². The summed E-state index contributed by atoms with van der Waals surface area (Å²) in [7, 11) is 1.30. The molecule has 0 bridgehead atoms. The lowest BCUT2D eigenvalue weighted by atomic mass is 10.2. The van der Waals surface area contributed by atoms with Crippen LogP contribution in [0.5, 0.6) is 0 Å². The quantitative estimate of drug-likeness (QED) is 0.725. The first-order valence-electron chi connectivity index (χ1n) is 4.26. The van der Waals surface area contributed by atoms with E-state index >= 15 is 0 Å². The van der Waals surface area contributed by atoms with Crippen molar-refractivity contribution in [2.75, 3.05) is 18.5 Å². The van der Waals surface area contributed by atoms with Crippen molar-refractivity contribution < 1.29 is 18.0 Å². The van der Waals surface area contributed by atoms with E-state index in [-0.39, 0.29) is 11.3 Å². The molecule has 0 atom stereocenters. The second kappa shape index (κ2) is 4.33. The lowest BCUT2D eigenvalue weighted by Gasteiger charge is -2.22. The Labute approximate surface area is 85.3 Å². The van der Waals surface area contributed by atoms with Crippen LogP contribution in [0.25, 0.3) is 0 Å². The Bertz CT molecular complexity index is 349. The molecule has 0 spiro atoms. The van der Waals surface area contributed by atoms with Crippen LogP contribution < -0.4 is 4.90 Å². The summed E-state index contributed by atoms with van der Waals surface area (Å²) in [6.45, 7) is -1.07. The fourth-order valence-electron chi connectivity index (χ4n) is 1.29.